The van der Waals surface area contributed by atoms with Crippen molar-refractivity contribution in [2.75, 3.05) is 0 Å². The van der Waals surface area contributed by atoms with Crippen molar-refractivity contribution in [3.05, 3.63) is 29.8 Å². The lowest BCUT2D eigenvalue weighted by Crippen LogP contribution is -2.53. The number of halogens is 3. The van der Waals surface area contributed by atoms with Gasteiger partial charge in [-0.1, -0.05) is 18.2 Å². The van der Waals surface area contributed by atoms with E-state index < -0.39 is 29.6 Å². The van der Waals surface area contributed by atoms with Crippen molar-refractivity contribution in [2.45, 2.75) is 38.1 Å². The van der Waals surface area contributed by atoms with E-state index in [0.29, 0.717) is 12.0 Å². The summed E-state index contributed by atoms with van der Waals surface area (Å²) < 4.78 is 41.3. The van der Waals surface area contributed by atoms with Gasteiger partial charge in [0.05, 0.1) is 0 Å². The number of nitrogens with two attached hydrogens (primary N) is 1. The molecule has 0 radical (unpaired) electrons. The molecule has 23 heavy (non-hydrogen) atoms. The van der Waals surface area contributed by atoms with E-state index in [4.69, 9.17) is 5.73 Å². The molecule has 1 fully saturated rings. The smallest absolute Gasteiger partial charge is 0.405 e. The summed E-state index contributed by atoms with van der Waals surface area (Å²) >= 11 is 0. The Hall–Kier alpha value is -2.25. The molecule has 1 aromatic rings. The molecule has 2 atom stereocenters. The molecule has 0 aliphatic heterocycles. The number of nitrogens with one attached hydrogen (secondary N) is 1. The quantitative estimate of drug-likeness (QED) is 0.867. The second-order valence-electron chi connectivity index (χ2n) is 6.01. The van der Waals surface area contributed by atoms with Crippen LogP contribution in [0.15, 0.2) is 24.3 Å². The number of carbonyl (C=O) groups excluding carboxylic acids is 2. The number of primary amides is 1. The molecule has 0 saturated heterocycles. The van der Waals surface area contributed by atoms with Crippen LogP contribution in [0.3, 0.4) is 0 Å². The highest BCUT2D eigenvalue weighted by molar-refractivity contribution is 5.91. The number of ether oxygens (including phenoxy) is 1. The van der Waals surface area contributed by atoms with Gasteiger partial charge in [0, 0.05) is 5.92 Å². The molecule has 5 nitrogen and oxygen atoms in total. The fraction of sp³-hybridized carbons (Fsp3) is 0.467. The Morgan fingerprint density at radius 2 is 1.87 bits per heavy atom. The minimum atomic E-state index is -4.79. The van der Waals surface area contributed by atoms with Crippen LogP contribution in [0.2, 0.25) is 0 Å². The Morgan fingerprint density at radius 3 is 2.43 bits per heavy atom. The monoisotopic (exact) mass is 330 g/mol. The molecule has 1 saturated carbocycles. The molecule has 2 rings (SSSR count). The van der Waals surface area contributed by atoms with Crippen LogP contribution in [-0.4, -0.2) is 23.7 Å². The summed E-state index contributed by atoms with van der Waals surface area (Å²) in [7, 11) is 0. The second-order valence-corrected chi connectivity index (χ2v) is 6.01. The van der Waals surface area contributed by atoms with Gasteiger partial charge in [0.25, 0.3) is 0 Å². The normalized spacial score (nSPS) is 20.7. The third-order valence-electron chi connectivity index (χ3n) is 3.72. The molecule has 0 aromatic heterocycles. The first-order chi connectivity index (χ1) is 10.5. The standard InChI is InChI=1S/C15H17F3N2O3/c1-14(2,13(19)22)20-12(21)10-7-9(10)8-5-3-4-6-11(8)23-15(16,17)18/h3-6,9-10H,7H2,1-2H3,(H2,19,22)(H,20,21)/t9-,10-/m1/s1. The highest BCUT2D eigenvalue weighted by Crippen LogP contribution is 2.51. The second kappa shape index (κ2) is 5.75. The summed E-state index contributed by atoms with van der Waals surface area (Å²) in [6.45, 7) is 2.93. The van der Waals surface area contributed by atoms with Crippen molar-refractivity contribution in [1.29, 1.82) is 0 Å². The summed E-state index contributed by atoms with van der Waals surface area (Å²) in [5.41, 5.74) is 4.28. The zero-order valence-electron chi connectivity index (χ0n) is 12.6. The van der Waals surface area contributed by atoms with Gasteiger partial charge in [0.1, 0.15) is 11.3 Å². The van der Waals surface area contributed by atoms with Gasteiger partial charge < -0.3 is 15.8 Å². The Kier molecular flexibility index (Phi) is 4.28. The van der Waals surface area contributed by atoms with Gasteiger partial charge in [-0.05, 0) is 37.8 Å². The Bertz CT molecular complexity index is 629. The fourth-order valence-electron chi connectivity index (χ4n) is 2.30. The number of rotatable bonds is 5. The Labute approximate surface area is 131 Å². The van der Waals surface area contributed by atoms with Crippen LogP contribution in [0.5, 0.6) is 5.75 Å². The Morgan fingerprint density at radius 1 is 1.26 bits per heavy atom. The zero-order valence-corrected chi connectivity index (χ0v) is 12.6. The Balaban J connectivity index is 2.09. The maximum absolute atomic E-state index is 12.4. The SMILES string of the molecule is CC(C)(NC(=O)[C@@H]1C[C@@H]1c1ccccc1OC(F)(F)F)C(N)=O. The average Bonchev–Trinajstić information content (AvgIpc) is 3.17. The van der Waals surface area contributed by atoms with E-state index >= 15 is 0 Å². The molecule has 8 heteroatoms. The van der Waals surface area contributed by atoms with Crippen LogP contribution in [0.1, 0.15) is 31.7 Å². The van der Waals surface area contributed by atoms with Gasteiger partial charge in [-0.25, -0.2) is 0 Å². The fourth-order valence-corrected chi connectivity index (χ4v) is 2.30. The van der Waals surface area contributed by atoms with Crippen molar-refractivity contribution < 1.29 is 27.5 Å². The summed E-state index contributed by atoms with van der Waals surface area (Å²) in [4.78, 5) is 23.3. The van der Waals surface area contributed by atoms with Crippen LogP contribution in [0, 0.1) is 5.92 Å². The number of amides is 2. The number of carbonyl (C=O) groups is 2. The molecular weight excluding hydrogens is 313 g/mol. The largest absolute Gasteiger partial charge is 0.573 e. The molecule has 0 spiro atoms. The van der Waals surface area contributed by atoms with Crippen molar-refractivity contribution in [3.8, 4) is 5.75 Å². The van der Waals surface area contributed by atoms with Crippen LogP contribution < -0.4 is 15.8 Å². The predicted molar refractivity (Wildman–Crippen MR) is 75.4 cm³/mol. The molecule has 0 bridgehead atoms. The highest BCUT2D eigenvalue weighted by Gasteiger charge is 2.47. The maximum atomic E-state index is 12.4. The van der Waals surface area contributed by atoms with Crippen LogP contribution in [-0.2, 0) is 9.59 Å². The molecule has 1 aliphatic carbocycles. The third-order valence-corrected chi connectivity index (χ3v) is 3.72. The van der Waals surface area contributed by atoms with Crippen LogP contribution >= 0.6 is 0 Å². The lowest BCUT2D eigenvalue weighted by atomic mass is 10.0. The van der Waals surface area contributed by atoms with Crippen molar-refractivity contribution in [2.24, 2.45) is 11.7 Å². The molecule has 0 unspecified atom stereocenters. The molecule has 0 heterocycles. The van der Waals surface area contributed by atoms with Crippen LogP contribution in [0.25, 0.3) is 0 Å². The minimum absolute atomic E-state index is 0.311. The number of para-hydroxylation sites is 1. The summed E-state index contributed by atoms with van der Waals surface area (Å²) in [6, 6.07) is 5.72. The molecule has 126 valence electrons. The van der Waals surface area contributed by atoms with Gasteiger partial charge in [0.2, 0.25) is 11.8 Å². The lowest BCUT2D eigenvalue weighted by molar-refractivity contribution is -0.274. The van der Waals surface area contributed by atoms with E-state index in [9.17, 15) is 22.8 Å². The van der Waals surface area contributed by atoms with Crippen molar-refractivity contribution >= 4 is 11.8 Å². The first kappa shape index (κ1) is 17.1. The number of hydrogen-bond acceptors (Lipinski definition) is 3. The average molecular weight is 330 g/mol. The van der Waals surface area contributed by atoms with Gasteiger partial charge in [-0.2, -0.15) is 0 Å². The lowest BCUT2D eigenvalue weighted by Gasteiger charge is -2.22. The molecule has 2 amide bonds. The number of benzene rings is 1. The number of alkyl halides is 3. The maximum Gasteiger partial charge on any atom is 0.573 e. The van der Waals surface area contributed by atoms with Crippen molar-refractivity contribution in [1.82, 2.24) is 5.32 Å². The summed E-state index contributed by atoms with van der Waals surface area (Å²) in [5.74, 6) is -2.30. The molecule has 3 N–H and O–H groups in total. The minimum Gasteiger partial charge on any atom is -0.405 e. The first-order valence-corrected chi connectivity index (χ1v) is 6.98. The van der Waals surface area contributed by atoms with Crippen molar-refractivity contribution in [3.63, 3.8) is 0 Å². The summed E-state index contributed by atoms with van der Waals surface area (Å²) in [6.07, 6.45) is -4.41. The predicted octanol–water partition coefficient (Wildman–Crippen LogP) is 2.07. The van der Waals surface area contributed by atoms with Crippen LogP contribution in [0.4, 0.5) is 13.2 Å². The van der Waals surface area contributed by atoms with Gasteiger partial charge in [-0.3, -0.25) is 9.59 Å². The van der Waals surface area contributed by atoms with E-state index in [1.807, 2.05) is 0 Å². The topological polar surface area (TPSA) is 81.4 Å². The van der Waals surface area contributed by atoms with Gasteiger partial charge in [0.15, 0.2) is 0 Å². The number of hydrogen-bond donors (Lipinski definition) is 2. The van der Waals surface area contributed by atoms with E-state index in [2.05, 4.69) is 10.1 Å². The van der Waals surface area contributed by atoms with Gasteiger partial charge in [-0.15, -0.1) is 13.2 Å². The van der Waals surface area contributed by atoms with Gasteiger partial charge >= 0.3 is 6.36 Å². The molecule has 1 aliphatic rings. The first-order valence-electron chi connectivity index (χ1n) is 6.98. The van der Waals surface area contributed by atoms with E-state index in [-0.39, 0.29) is 11.7 Å². The molecule has 1 aromatic carbocycles. The summed E-state index contributed by atoms with van der Waals surface area (Å²) in [5, 5.41) is 2.51. The zero-order chi connectivity index (χ0) is 17.4. The van der Waals surface area contributed by atoms with E-state index in [0.717, 1.165) is 0 Å². The van der Waals surface area contributed by atoms with E-state index in [1.54, 1.807) is 6.07 Å². The van der Waals surface area contributed by atoms with E-state index in [1.165, 1.54) is 32.0 Å². The highest BCUT2D eigenvalue weighted by atomic mass is 19.4. The third kappa shape index (κ3) is 4.14. The molecular formula is C15H17F3N2O3.